The van der Waals surface area contributed by atoms with Crippen LogP contribution in [0.2, 0.25) is 0 Å². The molecule has 3 aromatic carbocycles. The standard InChI is InChI=1S/C41H55NO2S/c1-15-44-37(43)36-26(2)42(25-45-36)35-33(27-19-29(38(3,4)5)23-30(20-27)39(6,7)8)17-16-18-34(35)28-21-31(40(9,10)11)24-32(22-28)41(12,13)14/h16-24H,15,25H2,1-14H3. The van der Waals surface area contributed by atoms with Gasteiger partial charge in [0.25, 0.3) is 0 Å². The SMILES string of the molecule is CCOC(=O)C1=C(C)N(c2c(-c3cc(C(C)(C)C)cc(C(C)(C)C)c3)cccc2-c2cc(C(C)(C)C)cc(C(C)(C)C)c2)CS1. The van der Waals surface area contributed by atoms with Crippen molar-refractivity contribution in [3.05, 3.63) is 87.5 Å². The van der Waals surface area contributed by atoms with E-state index in [9.17, 15) is 4.79 Å². The smallest absolute Gasteiger partial charge is 0.346 e. The van der Waals surface area contributed by atoms with E-state index in [1.807, 2.05) is 6.92 Å². The molecule has 0 radical (unpaired) electrons. The first-order valence-electron chi connectivity index (χ1n) is 16.4. The lowest BCUT2D eigenvalue weighted by atomic mass is 9.77. The third-order valence-corrected chi connectivity index (χ3v) is 9.93. The van der Waals surface area contributed by atoms with Crippen LogP contribution < -0.4 is 4.90 Å². The number of carbonyl (C=O) groups is 1. The van der Waals surface area contributed by atoms with E-state index in [-0.39, 0.29) is 27.6 Å². The van der Waals surface area contributed by atoms with E-state index >= 15 is 0 Å². The van der Waals surface area contributed by atoms with Crippen LogP contribution in [0, 0.1) is 0 Å². The summed E-state index contributed by atoms with van der Waals surface area (Å²) in [6.07, 6.45) is 0. The van der Waals surface area contributed by atoms with Gasteiger partial charge in [-0.2, -0.15) is 0 Å². The van der Waals surface area contributed by atoms with Crippen LogP contribution in [0.15, 0.2) is 65.2 Å². The number of hydrogen-bond donors (Lipinski definition) is 0. The maximum Gasteiger partial charge on any atom is 0.346 e. The molecule has 0 saturated heterocycles. The Morgan fingerprint density at radius 3 is 1.40 bits per heavy atom. The Kier molecular flexibility index (Phi) is 9.55. The Labute approximate surface area is 277 Å². The van der Waals surface area contributed by atoms with Crippen molar-refractivity contribution in [3.63, 3.8) is 0 Å². The van der Waals surface area contributed by atoms with Gasteiger partial charge in [0, 0.05) is 16.8 Å². The van der Waals surface area contributed by atoms with Gasteiger partial charge >= 0.3 is 5.97 Å². The fourth-order valence-electron chi connectivity index (χ4n) is 5.69. The van der Waals surface area contributed by atoms with Crippen LogP contribution >= 0.6 is 11.8 Å². The first-order valence-corrected chi connectivity index (χ1v) is 17.4. The van der Waals surface area contributed by atoms with Crippen LogP contribution in [-0.4, -0.2) is 18.5 Å². The molecule has 45 heavy (non-hydrogen) atoms. The highest BCUT2D eigenvalue weighted by Crippen LogP contribution is 2.48. The monoisotopic (exact) mass is 625 g/mol. The predicted octanol–water partition coefficient (Wildman–Crippen LogP) is 11.5. The molecule has 1 aliphatic heterocycles. The van der Waals surface area contributed by atoms with Gasteiger partial charge in [-0.25, -0.2) is 4.79 Å². The van der Waals surface area contributed by atoms with Crippen molar-refractivity contribution in [1.82, 2.24) is 0 Å². The zero-order valence-corrected chi connectivity index (χ0v) is 31.1. The summed E-state index contributed by atoms with van der Waals surface area (Å²) in [6, 6.07) is 21.0. The molecule has 0 aromatic heterocycles. The van der Waals surface area contributed by atoms with Crippen LogP contribution in [0.1, 0.15) is 119 Å². The minimum Gasteiger partial charge on any atom is -0.462 e. The van der Waals surface area contributed by atoms with E-state index in [4.69, 9.17) is 4.74 Å². The summed E-state index contributed by atoms with van der Waals surface area (Å²) in [5.41, 5.74) is 12.1. The number of carbonyl (C=O) groups excluding carboxylic acids is 1. The summed E-state index contributed by atoms with van der Waals surface area (Å²) >= 11 is 1.57. The van der Waals surface area contributed by atoms with Crippen molar-refractivity contribution in [2.24, 2.45) is 0 Å². The van der Waals surface area contributed by atoms with Gasteiger partial charge in [0.2, 0.25) is 0 Å². The van der Waals surface area contributed by atoms with Gasteiger partial charge in [0.1, 0.15) is 4.91 Å². The molecule has 242 valence electrons. The van der Waals surface area contributed by atoms with Crippen molar-refractivity contribution in [2.75, 3.05) is 17.4 Å². The van der Waals surface area contributed by atoms with Crippen LogP contribution in [0.3, 0.4) is 0 Å². The predicted molar refractivity (Wildman–Crippen MR) is 196 cm³/mol. The minimum atomic E-state index is -0.240. The van der Waals surface area contributed by atoms with Crippen molar-refractivity contribution < 1.29 is 9.53 Å². The lowest BCUT2D eigenvalue weighted by molar-refractivity contribution is -0.137. The molecule has 0 saturated carbocycles. The van der Waals surface area contributed by atoms with Crippen LogP contribution in [0.5, 0.6) is 0 Å². The Morgan fingerprint density at radius 2 is 1.07 bits per heavy atom. The van der Waals surface area contributed by atoms with E-state index in [0.717, 1.165) is 11.4 Å². The third-order valence-electron chi connectivity index (χ3n) is 8.79. The number of ether oxygens (including phenoxy) is 1. The summed E-state index contributed by atoms with van der Waals surface area (Å²) < 4.78 is 5.48. The summed E-state index contributed by atoms with van der Waals surface area (Å²) in [7, 11) is 0. The van der Waals surface area contributed by atoms with E-state index in [2.05, 4.69) is 150 Å². The molecule has 3 aromatic rings. The average Bonchev–Trinajstić information content (AvgIpc) is 3.31. The summed E-state index contributed by atoms with van der Waals surface area (Å²) in [5.74, 6) is 0.413. The van der Waals surface area contributed by atoms with Gasteiger partial charge in [-0.05, 0) is 68.9 Å². The van der Waals surface area contributed by atoms with E-state index < -0.39 is 0 Å². The molecule has 0 unspecified atom stereocenters. The maximum atomic E-state index is 13.0. The number of nitrogens with zero attached hydrogens (tertiary/aromatic N) is 1. The van der Waals surface area contributed by atoms with Crippen LogP contribution in [-0.2, 0) is 31.2 Å². The van der Waals surface area contributed by atoms with Crippen molar-refractivity contribution in [1.29, 1.82) is 0 Å². The molecular weight excluding hydrogens is 571 g/mol. The number of esters is 1. The molecular formula is C41H55NO2S. The molecule has 0 amide bonds. The van der Waals surface area contributed by atoms with E-state index in [1.54, 1.807) is 11.8 Å². The topological polar surface area (TPSA) is 29.5 Å². The van der Waals surface area contributed by atoms with Gasteiger partial charge < -0.3 is 9.64 Å². The molecule has 1 heterocycles. The quantitative estimate of drug-likeness (QED) is 0.264. The van der Waals surface area contributed by atoms with E-state index in [0.29, 0.717) is 17.4 Å². The zero-order chi connectivity index (χ0) is 33.7. The molecule has 4 rings (SSSR count). The number of allylic oxidation sites excluding steroid dienone is 1. The molecule has 0 aliphatic carbocycles. The number of benzene rings is 3. The Morgan fingerprint density at radius 1 is 0.689 bits per heavy atom. The first kappa shape index (κ1) is 34.9. The largest absolute Gasteiger partial charge is 0.462 e. The van der Waals surface area contributed by atoms with Gasteiger partial charge in [0.05, 0.1) is 18.2 Å². The number of anilines is 1. The number of thioether (sulfide) groups is 1. The zero-order valence-electron chi connectivity index (χ0n) is 30.3. The first-order chi connectivity index (χ1) is 20.6. The Bertz CT molecular complexity index is 1460. The van der Waals surface area contributed by atoms with Crippen molar-refractivity contribution in [2.45, 2.75) is 119 Å². The lowest BCUT2D eigenvalue weighted by Gasteiger charge is -2.30. The number of hydrogen-bond acceptors (Lipinski definition) is 4. The molecule has 0 spiro atoms. The Balaban J connectivity index is 2.12. The second-order valence-corrected chi connectivity index (χ2v) is 17.6. The van der Waals surface area contributed by atoms with Crippen molar-refractivity contribution in [3.8, 4) is 22.3 Å². The highest BCUT2D eigenvalue weighted by molar-refractivity contribution is 8.04. The molecule has 0 fully saturated rings. The minimum absolute atomic E-state index is 0.00711. The molecule has 4 heteroatoms. The second-order valence-electron chi connectivity index (χ2n) is 16.6. The fraction of sp³-hybridized carbons (Fsp3) is 0.488. The molecule has 3 nitrogen and oxygen atoms in total. The fourth-order valence-corrected chi connectivity index (χ4v) is 6.76. The van der Waals surface area contributed by atoms with Gasteiger partial charge in [-0.15, -0.1) is 0 Å². The highest BCUT2D eigenvalue weighted by atomic mass is 32.2. The molecule has 0 N–H and O–H groups in total. The maximum absolute atomic E-state index is 13.0. The lowest BCUT2D eigenvalue weighted by Crippen LogP contribution is -2.20. The summed E-state index contributed by atoms with van der Waals surface area (Å²) in [6.45, 7) is 31.8. The normalized spacial score (nSPS) is 14.8. The van der Waals surface area contributed by atoms with E-state index in [1.165, 1.54) is 44.5 Å². The second kappa shape index (κ2) is 12.3. The van der Waals surface area contributed by atoms with Gasteiger partial charge in [-0.1, -0.05) is 149 Å². The average molecular weight is 626 g/mol. The van der Waals surface area contributed by atoms with Gasteiger partial charge in [0.15, 0.2) is 0 Å². The number of rotatable bonds is 5. The van der Waals surface area contributed by atoms with Crippen LogP contribution in [0.4, 0.5) is 5.69 Å². The van der Waals surface area contributed by atoms with Crippen LogP contribution in [0.25, 0.3) is 22.3 Å². The highest BCUT2D eigenvalue weighted by Gasteiger charge is 2.32. The molecule has 0 atom stereocenters. The van der Waals surface area contributed by atoms with Crippen molar-refractivity contribution >= 4 is 23.4 Å². The Hall–Kier alpha value is -2.98. The third kappa shape index (κ3) is 7.54. The summed E-state index contributed by atoms with van der Waals surface area (Å²) in [4.78, 5) is 16.1. The van der Waals surface area contributed by atoms with Gasteiger partial charge in [-0.3, -0.25) is 0 Å². The molecule has 0 bridgehead atoms. The summed E-state index contributed by atoms with van der Waals surface area (Å²) in [5, 5.41) is 0. The molecule has 1 aliphatic rings. The number of para-hydroxylation sites is 1.